The molecule has 0 saturated heterocycles. The number of benzene rings is 2. The van der Waals surface area contributed by atoms with Crippen LogP contribution in [0.1, 0.15) is 437 Å². The van der Waals surface area contributed by atoms with Gasteiger partial charge in [-0.15, -0.1) is 0 Å². The molecule has 0 unspecified atom stereocenters. The first-order valence-electron chi connectivity index (χ1n) is 39.4. The summed E-state index contributed by atoms with van der Waals surface area (Å²) >= 11 is 0. The first-order chi connectivity index (χ1) is 42.7. The average molecular weight is 1240 g/mol. The minimum Gasteiger partial charge on any atom is -0.252 e. The second-order valence-corrected chi connectivity index (χ2v) is 27.3. The molecule has 0 atom stereocenters. The molecule has 87 heavy (non-hydrogen) atoms. The fraction of sp³-hybridized carbons (Fsp3) is 0.786. The Bertz CT molecular complexity index is 1790. The van der Waals surface area contributed by atoms with Crippen molar-refractivity contribution >= 4 is 35.0 Å². The van der Waals surface area contributed by atoms with Gasteiger partial charge in [0, 0.05) is 16.5 Å². The van der Waals surface area contributed by atoms with Gasteiger partial charge in [0.15, 0.2) is 0 Å². The Morgan fingerprint density at radius 1 is 0.230 bits per heavy atom. The zero-order valence-electron chi connectivity index (χ0n) is 59.0. The predicted octanol–water partition coefficient (Wildman–Crippen LogP) is 30.8. The zero-order chi connectivity index (χ0) is 61.2. The van der Waals surface area contributed by atoms with Crippen molar-refractivity contribution in [3.05, 3.63) is 71.8 Å². The molecule has 0 aliphatic heterocycles. The maximum Gasteiger partial charge on any atom is 0.0634 e. The second-order valence-electron chi connectivity index (χ2n) is 27.3. The molecule has 504 valence electrons. The first-order valence-corrected chi connectivity index (χ1v) is 39.4. The van der Waals surface area contributed by atoms with E-state index < -0.39 is 0 Å². The Labute approximate surface area is 555 Å². The van der Waals surface area contributed by atoms with Crippen molar-refractivity contribution in [2.24, 2.45) is 9.98 Å². The van der Waals surface area contributed by atoms with E-state index in [1.54, 1.807) is 0 Å². The molecule has 0 heterocycles. The van der Waals surface area contributed by atoms with Gasteiger partial charge in [-0.2, -0.15) is 0 Å². The Morgan fingerprint density at radius 3 is 0.632 bits per heavy atom. The maximum absolute atomic E-state index is 5.34. The molecule has 0 fully saturated rings. The third-order valence-corrected chi connectivity index (χ3v) is 18.8. The quantitative estimate of drug-likeness (QED) is 0.0358. The monoisotopic (exact) mass is 1240 g/mol. The van der Waals surface area contributed by atoms with Crippen molar-refractivity contribution in [3.63, 3.8) is 0 Å². The molecule has 0 radical (unpaired) electrons. The Hall–Kier alpha value is -2.25. The SMILES string of the molecule is CCCCCCCCCCCCCCCCCCCCCCCCCCCCC=Cc1ccc(N=C(CCCC)C(CCCCCC)=Nc2ccc(C=CCCCCCCCCCCCCCCCCCCCCCCCCCCCC)cc2)cc1.[Ni]. The fourth-order valence-corrected chi connectivity index (χ4v) is 12.8. The van der Waals surface area contributed by atoms with Gasteiger partial charge in [-0.1, -0.05) is 423 Å². The molecule has 2 nitrogen and oxygen atoms in total. The van der Waals surface area contributed by atoms with Crippen LogP contribution >= 0.6 is 0 Å². The van der Waals surface area contributed by atoms with E-state index in [-0.39, 0.29) is 16.5 Å². The van der Waals surface area contributed by atoms with E-state index in [1.807, 2.05) is 0 Å². The van der Waals surface area contributed by atoms with Crippen molar-refractivity contribution in [1.82, 2.24) is 0 Å². The summed E-state index contributed by atoms with van der Waals surface area (Å²) in [6.45, 7) is 9.21. The van der Waals surface area contributed by atoms with Crippen LogP contribution in [0.5, 0.6) is 0 Å². The summed E-state index contributed by atoms with van der Waals surface area (Å²) in [7, 11) is 0. The smallest absolute Gasteiger partial charge is 0.0634 e. The summed E-state index contributed by atoms with van der Waals surface area (Å²) < 4.78 is 0. The molecule has 0 spiro atoms. The molecule has 3 heteroatoms. The van der Waals surface area contributed by atoms with Gasteiger partial charge in [0.1, 0.15) is 0 Å². The van der Waals surface area contributed by atoms with Crippen LogP contribution in [-0.4, -0.2) is 11.4 Å². The van der Waals surface area contributed by atoms with Gasteiger partial charge in [-0.25, -0.2) is 0 Å². The van der Waals surface area contributed by atoms with Gasteiger partial charge in [0.2, 0.25) is 0 Å². The number of allylic oxidation sites excluding steroid dienone is 2. The number of hydrogen-bond donors (Lipinski definition) is 0. The van der Waals surface area contributed by atoms with E-state index in [9.17, 15) is 0 Å². The molecule has 0 aliphatic carbocycles. The summed E-state index contributed by atoms with van der Waals surface area (Å²) in [6, 6.07) is 17.9. The van der Waals surface area contributed by atoms with E-state index in [1.165, 1.54) is 395 Å². The molecule has 0 amide bonds. The molecule has 2 aromatic rings. The van der Waals surface area contributed by atoms with E-state index >= 15 is 0 Å². The first kappa shape index (κ1) is 82.8. The van der Waals surface area contributed by atoms with Gasteiger partial charge >= 0.3 is 0 Å². The molecule has 2 aromatic carbocycles. The third-order valence-electron chi connectivity index (χ3n) is 18.8. The Morgan fingerprint density at radius 2 is 0.414 bits per heavy atom. The minimum absolute atomic E-state index is 0. The van der Waals surface area contributed by atoms with Crippen LogP contribution in [0.2, 0.25) is 0 Å². The fourth-order valence-electron chi connectivity index (χ4n) is 12.8. The van der Waals surface area contributed by atoms with Gasteiger partial charge in [0.05, 0.1) is 22.8 Å². The molecular formula is C84H148N2Ni. The number of aliphatic imine (C=N–C) groups is 2. The number of unbranched alkanes of at least 4 members (excludes halogenated alkanes) is 56. The Kier molecular flexibility index (Phi) is 64.8. The van der Waals surface area contributed by atoms with E-state index in [4.69, 9.17) is 9.98 Å². The molecule has 0 aromatic heterocycles. The molecule has 0 saturated carbocycles. The van der Waals surface area contributed by atoms with Crippen molar-refractivity contribution < 1.29 is 16.5 Å². The maximum atomic E-state index is 5.34. The minimum atomic E-state index is 0. The van der Waals surface area contributed by atoms with Gasteiger partial charge in [-0.05, 0) is 86.8 Å². The molecule has 0 N–H and O–H groups in total. The van der Waals surface area contributed by atoms with Crippen LogP contribution in [0.4, 0.5) is 11.4 Å². The number of rotatable bonds is 67. The van der Waals surface area contributed by atoms with Crippen molar-refractivity contribution in [2.45, 2.75) is 426 Å². The van der Waals surface area contributed by atoms with Gasteiger partial charge in [0.25, 0.3) is 0 Å². The van der Waals surface area contributed by atoms with E-state index in [2.05, 4.69) is 101 Å². The van der Waals surface area contributed by atoms with Crippen LogP contribution in [0.3, 0.4) is 0 Å². The summed E-state index contributed by atoms with van der Waals surface area (Å²) in [5.74, 6) is 0. The van der Waals surface area contributed by atoms with Crippen molar-refractivity contribution in [2.75, 3.05) is 0 Å². The van der Waals surface area contributed by atoms with Crippen molar-refractivity contribution in [3.8, 4) is 0 Å². The van der Waals surface area contributed by atoms with E-state index in [0.29, 0.717) is 0 Å². The summed E-state index contributed by atoms with van der Waals surface area (Å²) in [6.07, 6.45) is 96.2. The Balaban J connectivity index is 0.0000378. The van der Waals surface area contributed by atoms with Crippen molar-refractivity contribution in [1.29, 1.82) is 0 Å². The van der Waals surface area contributed by atoms with E-state index in [0.717, 1.165) is 37.1 Å². The standard InChI is InChI=1S/C84H148N2.Ni/c1-5-9-13-16-18-20-22-24-26-28-30-32-34-36-38-40-42-44-46-48-50-52-54-56-58-60-62-64-67-79-71-75-81(76-72-79)85-83(69-12-8-4)84(70-66-15-11-7-3)86-82-77-73-80(74-78-82)68-65-63-61-59-57-55-53-51-49-47-45-43-41-39-37-35-33-31-29-27-25-23-21-19-17-14-10-6-2;/h64-65,67-68,71-78H,5-63,66,69-70H2,1-4H3;. The van der Waals surface area contributed by atoms with Gasteiger partial charge < -0.3 is 0 Å². The number of hydrogen-bond acceptors (Lipinski definition) is 2. The van der Waals surface area contributed by atoms with Crippen LogP contribution < -0.4 is 0 Å². The summed E-state index contributed by atoms with van der Waals surface area (Å²) in [5, 5.41) is 0. The second kappa shape index (κ2) is 68.1. The van der Waals surface area contributed by atoms with Crippen LogP contribution in [0, 0.1) is 0 Å². The topological polar surface area (TPSA) is 24.7 Å². The van der Waals surface area contributed by atoms with Gasteiger partial charge in [-0.3, -0.25) is 9.98 Å². The zero-order valence-corrected chi connectivity index (χ0v) is 60.0. The van der Waals surface area contributed by atoms with Crippen LogP contribution in [0.25, 0.3) is 12.2 Å². The molecular weight excluding hydrogens is 1100 g/mol. The third kappa shape index (κ3) is 56.3. The van der Waals surface area contributed by atoms with Crippen LogP contribution in [-0.2, 0) is 16.5 Å². The molecule has 0 aliphatic rings. The normalized spacial score (nSPS) is 12.2. The van der Waals surface area contributed by atoms with Crippen LogP contribution in [0.15, 0.2) is 70.7 Å². The average Bonchev–Trinajstić information content (AvgIpc) is 3.68. The predicted molar refractivity (Wildman–Crippen MR) is 394 cm³/mol. The molecule has 2 rings (SSSR count). The largest absolute Gasteiger partial charge is 0.252 e. The number of nitrogens with zero attached hydrogens (tertiary/aromatic N) is 2. The summed E-state index contributed by atoms with van der Waals surface area (Å²) in [5.41, 5.74) is 7.00. The summed E-state index contributed by atoms with van der Waals surface area (Å²) in [4.78, 5) is 10.7. The molecule has 0 bridgehead atoms.